The van der Waals surface area contributed by atoms with Gasteiger partial charge in [-0.15, -0.1) is 11.3 Å². The van der Waals surface area contributed by atoms with E-state index in [0.29, 0.717) is 35.5 Å². The maximum atomic E-state index is 13.6. The lowest BCUT2D eigenvalue weighted by Gasteiger charge is -2.43. The maximum absolute atomic E-state index is 13.6. The van der Waals surface area contributed by atoms with Crippen molar-refractivity contribution < 1.29 is 9.18 Å². The van der Waals surface area contributed by atoms with Gasteiger partial charge in [-0.05, 0) is 61.6 Å². The number of carbonyl (C=O) groups is 1. The molecule has 1 aromatic heterocycles. The second-order valence-corrected chi connectivity index (χ2v) is 10.3. The first-order valence-electron chi connectivity index (χ1n) is 9.91. The summed E-state index contributed by atoms with van der Waals surface area (Å²) in [6, 6.07) is 10.3. The third-order valence-electron chi connectivity index (χ3n) is 5.86. The molecule has 1 aliphatic carbocycles. The minimum Gasteiger partial charge on any atom is -0.384 e. The summed E-state index contributed by atoms with van der Waals surface area (Å²) in [5.74, 6) is -0.464. The van der Waals surface area contributed by atoms with Gasteiger partial charge >= 0.3 is 0 Å². The molecule has 0 saturated carbocycles. The molecule has 0 fully saturated rings. The number of nitrogens with zero attached hydrogens (tertiary/aromatic N) is 2. The van der Waals surface area contributed by atoms with E-state index in [9.17, 15) is 14.4 Å². The summed E-state index contributed by atoms with van der Waals surface area (Å²) in [5, 5.41) is 10.1. The second kappa shape index (κ2) is 7.10. The summed E-state index contributed by atoms with van der Waals surface area (Å²) in [6.45, 7) is 8.16. The Labute approximate surface area is 180 Å². The van der Waals surface area contributed by atoms with Crippen molar-refractivity contribution >= 4 is 22.8 Å². The lowest BCUT2D eigenvalue weighted by atomic mass is 9.68. The number of anilines is 1. The molecular weight excluding hydrogens is 397 g/mol. The molecule has 154 valence electrons. The van der Waals surface area contributed by atoms with Gasteiger partial charge in [-0.2, -0.15) is 5.26 Å². The number of halogens is 1. The average Bonchev–Trinajstić information content (AvgIpc) is 2.99. The Morgan fingerprint density at radius 1 is 1.23 bits per heavy atom. The third kappa shape index (κ3) is 3.23. The minimum atomic E-state index is -0.463. The minimum absolute atomic E-state index is 0.0434. The number of carbonyl (C=O) groups excluding carboxylic acids is 1. The molecule has 0 saturated heterocycles. The number of Topliss-reactive ketones (excluding diaryl/α,β-unsaturated/α-hetero) is 1. The molecule has 30 heavy (non-hydrogen) atoms. The van der Waals surface area contributed by atoms with Crippen molar-refractivity contribution in [1.29, 1.82) is 5.26 Å². The number of nitrogens with two attached hydrogens (primary N) is 1. The molecule has 1 aromatic carbocycles. The Balaban J connectivity index is 2.01. The summed E-state index contributed by atoms with van der Waals surface area (Å²) in [7, 11) is 0. The lowest BCUT2D eigenvalue weighted by Crippen LogP contribution is -2.42. The van der Waals surface area contributed by atoms with E-state index < -0.39 is 5.92 Å². The van der Waals surface area contributed by atoms with Crippen LogP contribution in [0.3, 0.4) is 0 Å². The van der Waals surface area contributed by atoms with Crippen molar-refractivity contribution in [3.63, 3.8) is 0 Å². The van der Waals surface area contributed by atoms with Gasteiger partial charge in [0.2, 0.25) is 0 Å². The summed E-state index contributed by atoms with van der Waals surface area (Å²) >= 11 is 1.65. The quantitative estimate of drug-likeness (QED) is 0.700. The van der Waals surface area contributed by atoms with Gasteiger partial charge in [0.15, 0.2) is 5.78 Å². The molecule has 0 bridgehead atoms. The van der Waals surface area contributed by atoms with Crippen molar-refractivity contribution in [1.82, 2.24) is 0 Å². The van der Waals surface area contributed by atoms with E-state index in [4.69, 9.17) is 5.73 Å². The molecule has 0 spiro atoms. The molecule has 4 rings (SSSR count). The first-order chi connectivity index (χ1) is 14.1. The molecular formula is C24H24FN3OS. The van der Waals surface area contributed by atoms with Crippen LogP contribution in [-0.4, -0.2) is 5.78 Å². The van der Waals surface area contributed by atoms with Gasteiger partial charge in [0.05, 0.1) is 17.6 Å². The van der Waals surface area contributed by atoms with Crippen LogP contribution < -0.4 is 10.6 Å². The van der Waals surface area contributed by atoms with E-state index in [1.165, 1.54) is 12.1 Å². The van der Waals surface area contributed by atoms with Crippen LogP contribution >= 0.6 is 11.3 Å². The molecule has 2 aliphatic rings. The normalized spacial score (nSPS) is 21.0. The van der Waals surface area contributed by atoms with E-state index in [-0.39, 0.29) is 17.0 Å². The number of aryl methyl sites for hydroxylation is 2. The van der Waals surface area contributed by atoms with E-state index in [1.54, 1.807) is 28.4 Å². The van der Waals surface area contributed by atoms with Gasteiger partial charge < -0.3 is 5.73 Å². The monoisotopic (exact) mass is 421 g/mol. The zero-order valence-electron chi connectivity index (χ0n) is 17.5. The molecule has 1 atom stereocenters. The highest BCUT2D eigenvalue weighted by Gasteiger charge is 2.45. The SMILES string of the molecule is Cc1cc(C2C(C#N)=C(N)N(c3ccc(F)cc3)C3=C2C(=O)CC(C)(C)C3)c(C)s1. The largest absolute Gasteiger partial charge is 0.384 e. The van der Waals surface area contributed by atoms with Crippen LogP contribution in [0.1, 0.15) is 47.9 Å². The van der Waals surface area contributed by atoms with Crippen molar-refractivity contribution in [2.24, 2.45) is 11.1 Å². The van der Waals surface area contributed by atoms with E-state index in [2.05, 4.69) is 26.0 Å². The molecule has 0 amide bonds. The fourth-order valence-electron chi connectivity index (χ4n) is 4.64. The Morgan fingerprint density at radius 2 is 1.90 bits per heavy atom. The van der Waals surface area contributed by atoms with Crippen LogP contribution in [0.5, 0.6) is 0 Å². The van der Waals surface area contributed by atoms with E-state index in [1.807, 2.05) is 13.8 Å². The highest BCUT2D eigenvalue weighted by atomic mass is 32.1. The number of benzene rings is 1. The van der Waals surface area contributed by atoms with Gasteiger partial charge in [-0.3, -0.25) is 9.69 Å². The maximum Gasteiger partial charge on any atom is 0.162 e. The number of thiophene rings is 1. The summed E-state index contributed by atoms with van der Waals surface area (Å²) in [6.07, 6.45) is 1.06. The van der Waals surface area contributed by atoms with Crippen LogP contribution in [0.4, 0.5) is 10.1 Å². The summed E-state index contributed by atoms with van der Waals surface area (Å²) in [4.78, 5) is 17.4. The number of nitriles is 1. The van der Waals surface area contributed by atoms with Gasteiger partial charge in [-0.1, -0.05) is 13.8 Å². The predicted molar refractivity (Wildman–Crippen MR) is 117 cm³/mol. The molecule has 2 heterocycles. The first kappa shape index (κ1) is 20.4. The molecule has 2 N–H and O–H groups in total. The number of hydrogen-bond acceptors (Lipinski definition) is 5. The Morgan fingerprint density at radius 3 is 2.47 bits per heavy atom. The molecule has 4 nitrogen and oxygen atoms in total. The van der Waals surface area contributed by atoms with Crippen molar-refractivity contribution in [3.8, 4) is 6.07 Å². The highest BCUT2D eigenvalue weighted by molar-refractivity contribution is 7.12. The number of allylic oxidation sites excluding steroid dienone is 3. The molecule has 1 aliphatic heterocycles. The topological polar surface area (TPSA) is 70.1 Å². The van der Waals surface area contributed by atoms with Crippen molar-refractivity contribution in [3.05, 3.63) is 74.1 Å². The van der Waals surface area contributed by atoms with Crippen molar-refractivity contribution in [2.45, 2.75) is 46.5 Å². The fourth-order valence-corrected chi connectivity index (χ4v) is 5.61. The standard InChI is InChI=1S/C24H24FN3OS/c1-13-9-17(14(2)30-13)21-18(12-26)23(27)28(16-7-5-15(25)6-8-16)19-10-24(3,4)11-20(29)22(19)21/h5-9,21H,10-11,27H2,1-4H3. The third-order valence-corrected chi connectivity index (χ3v) is 6.84. The van der Waals surface area contributed by atoms with Gasteiger partial charge in [0.25, 0.3) is 0 Å². The fraction of sp³-hybridized carbons (Fsp3) is 0.333. The molecule has 6 heteroatoms. The zero-order chi connectivity index (χ0) is 21.8. The van der Waals surface area contributed by atoms with Crippen LogP contribution in [0, 0.1) is 36.4 Å². The summed E-state index contributed by atoms with van der Waals surface area (Å²) < 4.78 is 13.6. The molecule has 0 radical (unpaired) electrons. The van der Waals surface area contributed by atoms with Crippen LogP contribution in [0.25, 0.3) is 0 Å². The van der Waals surface area contributed by atoms with Crippen LogP contribution in [0.15, 0.2) is 53.0 Å². The number of rotatable bonds is 2. The predicted octanol–water partition coefficient (Wildman–Crippen LogP) is 5.44. The lowest BCUT2D eigenvalue weighted by molar-refractivity contribution is -0.118. The Hall–Kier alpha value is -2.91. The smallest absolute Gasteiger partial charge is 0.162 e. The molecule has 2 aromatic rings. The van der Waals surface area contributed by atoms with E-state index >= 15 is 0 Å². The van der Waals surface area contributed by atoms with Gasteiger partial charge in [-0.25, -0.2) is 4.39 Å². The first-order valence-corrected chi connectivity index (χ1v) is 10.7. The van der Waals surface area contributed by atoms with Gasteiger partial charge in [0, 0.05) is 33.1 Å². The number of hydrogen-bond donors (Lipinski definition) is 1. The summed E-state index contributed by atoms with van der Waals surface area (Å²) in [5.41, 5.74) is 9.79. The average molecular weight is 422 g/mol. The zero-order valence-corrected chi connectivity index (χ0v) is 18.4. The van der Waals surface area contributed by atoms with E-state index in [0.717, 1.165) is 21.0 Å². The second-order valence-electron chi connectivity index (χ2n) is 8.83. The Bertz CT molecular complexity index is 1150. The number of ketones is 1. The van der Waals surface area contributed by atoms with Crippen LogP contribution in [0.2, 0.25) is 0 Å². The van der Waals surface area contributed by atoms with Crippen molar-refractivity contribution in [2.75, 3.05) is 4.90 Å². The molecule has 1 unspecified atom stereocenters. The van der Waals surface area contributed by atoms with Crippen LogP contribution in [-0.2, 0) is 4.79 Å². The van der Waals surface area contributed by atoms with Gasteiger partial charge in [0.1, 0.15) is 11.6 Å². The Kier molecular flexibility index (Phi) is 4.82. The highest BCUT2D eigenvalue weighted by Crippen LogP contribution is 2.51.